The highest BCUT2D eigenvalue weighted by Crippen LogP contribution is 2.16. The Bertz CT molecular complexity index is 508. The number of aromatic nitrogens is 1. The van der Waals surface area contributed by atoms with Crippen molar-refractivity contribution < 1.29 is 9.72 Å². The van der Waals surface area contributed by atoms with Gasteiger partial charge in [0.1, 0.15) is 5.69 Å². The Balaban J connectivity index is 2.86. The molecule has 0 aromatic carbocycles. The third-order valence-corrected chi connectivity index (χ3v) is 2.75. The summed E-state index contributed by atoms with van der Waals surface area (Å²) in [5.74, 6) is -0.0946. The van der Waals surface area contributed by atoms with Crippen LogP contribution in [-0.4, -0.2) is 33.8 Å². The normalized spacial score (nSPS) is 10.7. The molecule has 1 heterocycles. The fraction of sp³-hybridized carbons (Fsp3) is 0.385. The van der Waals surface area contributed by atoms with Gasteiger partial charge in [-0.25, -0.2) is 4.98 Å². The molecule has 1 aromatic heterocycles. The highest BCUT2D eigenvalue weighted by Gasteiger charge is 2.11. The van der Waals surface area contributed by atoms with Gasteiger partial charge in [-0.1, -0.05) is 0 Å². The molecular weight excluding hydrogens is 246 g/mol. The van der Waals surface area contributed by atoms with E-state index in [0.717, 1.165) is 0 Å². The van der Waals surface area contributed by atoms with E-state index >= 15 is 0 Å². The lowest BCUT2D eigenvalue weighted by Crippen LogP contribution is -2.28. The summed E-state index contributed by atoms with van der Waals surface area (Å²) in [6, 6.07) is 2.92. The molecule has 0 aliphatic heterocycles. The molecule has 1 aromatic rings. The second kappa shape index (κ2) is 6.63. The van der Waals surface area contributed by atoms with E-state index in [9.17, 15) is 14.9 Å². The first-order valence-electron chi connectivity index (χ1n) is 6.08. The van der Waals surface area contributed by atoms with Crippen LogP contribution in [0, 0.1) is 17.0 Å². The second-order valence-electron chi connectivity index (χ2n) is 3.94. The van der Waals surface area contributed by atoms with Gasteiger partial charge in [0.25, 0.3) is 5.69 Å². The minimum atomic E-state index is -0.475. The topological polar surface area (TPSA) is 76.3 Å². The van der Waals surface area contributed by atoms with Gasteiger partial charge in [-0.15, -0.1) is 0 Å². The first kappa shape index (κ1) is 14.8. The van der Waals surface area contributed by atoms with E-state index < -0.39 is 4.92 Å². The van der Waals surface area contributed by atoms with Crippen molar-refractivity contribution in [1.82, 2.24) is 9.88 Å². The first-order valence-corrected chi connectivity index (χ1v) is 6.08. The van der Waals surface area contributed by atoms with Crippen molar-refractivity contribution in [1.29, 1.82) is 0 Å². The number of aryl methyl sites for hydroxylation is 1. The van der Waals surface area contributed by atoms with E-state index in [1.54, 1.807) is 17.9 Å². The maximum atomic E-state index is 11.7. The van der Waals surface area contributed by atoms with Gasteiger partial charge in [-0.2, -0.15) is 0 Å². The number of hydrogen-bond donors (Lipinski definition) is 0. The number of nitro groups is 1. The molecule has 6 heteroatoms. The van der Waals surface area contributed by atoms with Gasteiger partial charge in [-0.3, -0.25) is 14.9 Å². The summed E-state index contributed by atoms with van der Waals surface area (Å²) in [6.45, 7) is 6.67. The summed E-state index contributed by atoms with van der Waals surface area (Å²) >= 11 is 0. The number of rotatable bonds is 5. The monoisotopic (exact) mass is 263 g/mol. The fourth-order valence-electron chi connectivity index (χ4n) is 1.66. The Labute approximate surface area is 111 Å². The van der Waals surface area contributed by atoms with Crippen LogP contribution in [-0.2, 0) is 4.79 Å². The van der Waals surface area contributed by atoms with E-state index in [1.165, 1.54) is 18.2 Å². The van der Waals surface area contributed by atoms with Crippen molar-refractivity contribution in [2.45, 2.75) is 20.8 Å². The molecule has 1 rings (SSSR count). The molecule has 0 atom stereocenters. The first-order chi connectivity index (χ1) is 8.99. The molecule has 0 spiro atoms. The Hall–Kier alpha value is -2.24. The minimum absolute atomic E-state index is 0.0211. The lowest BCUT2D eigenvalue weighted by atomic mass is 10.2. The van der Waals surface area contributed by atoms with E-state index in [4.69, 9.17) is 0 Å². The zero-order valence-corrected chi connectivity index (χ0v) is 11.3. The van der Waals surface area contributed by atoms with Crippen molar-refractivity contribution in [2.75, 3.05) is 13.1 Å². The fourth-order valence-corrected chi connectivity index (χ4v) is 1.66. The minimum Gasteiger partial charge on any atom is -0.340 e. The average Bonchev–Trinajstić information content (AvgIpc) is 2.37. The molecule has 0 saturated carbocycles. The molecule has 0 fully saturated rings. The number of likely N-dealkylation sites (N-methyl/N-ethyl adjacent to an activating group) is 1. The quantitative estimate of drug-likeness (QED) is 0.463. The lowest BCUT2D eigenvalue weighted by Gasteiger charge is -2.15. The molecule has 0 bridgehead atoms. The Morgan fingerprint density at radius 3 is 2.53 bits per heavy atom. The number of hydrogen-bond acceptors (Lipinski definition) is 4. The molecule has 0 unspecified atom stereocenters. The maximum absolute atomic E-state index is 11.7. The van der Waals surface area contributed by atoms with Crippen molar-refractivity contribution in [3.05, 3.63) is 39.7 Å². The molecule has 0 aliphatic rings. The molecule has 0 saturated heterocycles. The Kier molecular flexibility index (Phi) is 5.17. The highest BCUT2D eigenvalue weighted by atomic mass is 16.6. The third-order valence-electron chi connectivity index (χ3n) is 2.75. The summed E-state index contributed by atoms with van der Waals surface area (Å²) in [4.78, 5) is 27.7. The zero-order valence-electron chi connectivity index (χ0n) is 11.3. The standard InChI is InChI=1S/C13H17N3O3/c1-4-15(5-2)13(17)9-7-11-6-8-12(16(18)19)10(3)14-11/h6-9H,4-5H2,1-3H3. The molecule has 19 heavy (non-hydrogen) atoms. The van der Waals surface area contributed by atoms with Crippen LogP contribution in [0.1, 0.15) is 25.2 Å². The van der Waals surface area contributed by atoms with Crippen molar-refractivity contribution in [3.63, 3.8) is 0 Å². The smallest absolute Gasteiger partial charge is 0.290 e. The van der Waals surface area contributed by atoms with Crippen LogP contribution >= 0.6 is 0 Å². The van der Waals surface area contributed by atoms with Crippen LogP contribution in [0.15, 0.2) is 18.2 Å². The van der Waals surface area contributed by atoms with E-state index in [0.29, 0.717) is 24.5 Å². The summed E-state index contributed by atoms with van der Waals surface area (Å²) in [7, 11) is 0. The Morgan fingerprint density at radius 2 is 2.05 bits per heavy atom. The summed E-state index contributed by atoms with van der Waals surface area (Å²) in [5, 5.41) is 10.7. The third kappa shape index (κ3) is 3.87. The van der Waals surface area contributed by atoms with Gasteiger partial charge >= 0.3 is 0 Å². The van der Waals surface area contributed by atoms with Crippen molar-refractivity contribution >= 4 is 17.7 Å². The molecule has 0 N–H and O–H groups in total. The lowest BCUT2D eigenvalue weighted by molar-refractivity contribution is -0.385. The summed E-state index contributed by atoms with van der Waals surface area (Å²) in [5.41, 5.74) is 0.846. The van der Waals surface area contributed by atoms with Crippen LogP contribution < -0.4 is 0 Å². The predicted molar refractivity (Wildman–Crippen MR) is 72.6 cm³/mol. The SMILES string of the molecule is CCN(CC)C(=O)C=Cc1ccc([N+](=O)[O-])c(C)n1. The van der Waals surface area contributed by atoms with Gasteiger partial charge in [-0.05, 0) is 32.9 Å². The molecule has 6 nitrogen and oxygen atoms in total. The van der Waals surface area contributed by atoms with Crippen molar-refractivity contribution in [3.8, 4) is 0 Å². The van der Waals surface area contributed by atoms with Crippen LogP contribution in [0.3, 0.4) is 0 Å². The van der Waals surface area contributed by atoms with Gasteiger partial charge in [0.2, 0.25) is 5.91 Å². The number of carbonyl (C=O) groups is 1. The summed E-state index contributed by atoms with van der Waals surface area (Å²) in [6.07, 6.45) is 3.00. The molecule has 0 radical (unpaired) electrons. The second-order valence-corrected chi connectivity index (χ2v) is 3.94. The van der Waals surface area contributed by atoms with Crippen LogP contribution in [0.5, 0.6) is 0 Å². The van der Waals surface area contributed by atoms with Gasteiger partial charge in [0.15, 0.2) is 0 Å². The molecular formula is C13H17N3O3. The van der Waals surface area contributed by atoms with Gasteiger partial charge in [0.05, 0.1) is 10.6 Å². The van der Waals surface area contributed by atoms with Gasteiger partial charge < -0.3 is 4.90 Å². The number of pyridine rings is 1. The summed E-state index contributed by atoms with van der Waals surface area (Å²) < 4.78 is 0. The van der Waals surface area contributed by atoms with E-state index in [2.05, 4.69) is 4.98 Å². The van der Waals surface area contributed by atoms with Gasteiger partial charge in [0, 0.05) is 25.2 Å². The predicted octanol–water partition coefficient (Wildman–Crippen LogP) is 2.18. The molecule has 1 amide bonds. The van der Waals surface area contributed by atoms with Crippen LogP contribution in [0.25, 0.3) is 6.08 Å². The van der Waals surface area contributed by atoms with Crippen LogP contribution in [0.2, 0.25) is 0 Å². The number of amides is 1. The largest absolute Gasteiger partial charge is 0.340 e. The van der Waals surface area contributed by atoms with Crippen molar-refractivity contribution in [2.24, 2.45) is 0 Å². The van der Waals surface area contributed by atoms with E-state index in [-0.39, 0.29) is 11.6 Å². The number of carbonyl (C=O) groups excluding carboxylic acids is 1. The van der Waals surface area contributed by atoms with E-state index in [1.807, 2.05) is 13.8 Å². The number of nitrogens with zero attached hydrogens (tertiary/aromatic N) is 3. The molecule has 102 valence electrons. The highest BCUT2D eigenvalue weighted by molar-refractivity contribution is 5.91. The average molecular weight is 263 g/mol. The maximum Gasteiger partial charge on any atom is 0.290 e. The van der Waals surface area contributed by atoms with Crippen LogP contribution in [0.4, 0.5) is 5.69 Å². The molecule has 0 aliphatic carbocycles. The Morgan fingerprint density at radius 1 is 1.42 bits per heavy atom. The zero-order chi connectivity index (χ0) is 14.4.